The average molecular weight is 250 g/mol. The Labute approximate surface area is 108 Å². The summed E-state index contributed by atoms with van der Waals surface area (Å²) >= 11 is 0. The van der Waals surface area contributed by atoms with Crippen molar-refractivity contribution in [1.29, 1.82) is 0 Å². The minimum Gasteiger partial charge on any atom is -0.348 e. The molecule has 1 N–H and O–H groups in total. The van der Waals surface area contributed by atoms with Crippen molar-refractivity contribution in [3.8, 4) is 0 Å². The highest BCUT2D eigenvalue weighted by atomic mass is 16.2. The molecule has 0 unspecified atom stereocenters. The minimum atomic E-state index is 0.000362. The van der Waals surface area contributed by atoms with Crippen molar-refractivity contribution in [2.75, 3.05) is 6.54 Å². The maximum absolute atomic E-state index is 11.8. The van der Waals surface area contributed by atoms with Gasteiger partial charge in [0.05, 0.1) is 6.04 Å². The first-order valence-electron chi connectivity index (χ1n) is 7.04. The van der Waals surface area contributed by atoms with Crippen molar-refractivity contribution < 1.29 is 9.59 Å². The summed E-state index contributed by atoms with van der Waals surface area (Å²) in [6, 6.07) is 0.000362. The molecule has 0 bridgehead atoms. The quantitative estimate of drug-likeness (QED) is 0.733. The van der Waals surface area contributed by atoms with Crippen LogP contribution in [0.3, 0.4) is 0 Å². The Balaban J connectivity index is 1.77. The second kappa shape index (κ2) is 6.03. The summed E-state index contributed by atoms with van der Waals surface area (Å²) in [6.45, 7) is 3.04. The molecule has 2 aliphatic heterocycles. The van der Waals surface area contributed by atoms with E-state index in [0.717, 1.165) is 38.0 Å². The Morgan fingerprint density at radius 1 is 1.44 bits per heavy atom. The number of carbonyl (C=O) groups is 2. The van der Waals surface area contributed by atoms with E-state index in [1.807, 2.05) is 4.90 Å². The number of nitrogens with zero attached hydrogens (tertiary/aromatic N) is 1. The molecule has 1 saturated heterocycles. The van der Waals surface area contributed by atoms with Crippen LogP contribution in [0.1, 0.15) is 51.9 Å². The van der Waals surface area contributed by atoms with Gasteiger partial charge in [0.2, 0.25) is 5.91 Å². The Bertz CT molecular complexity index is 363. The van der Waals surface area contributed by atoms with Crippen molar-refractivity contribution in [3.05, 3.63) is 11.9 Å². The molecule has 2 rings (SSSR count). The Morgan fingerprint density at radius 3 is 3.06 bits per heavy atom. The lowest BCUT2D eigenvalue weighted by molar-refractivity contribution is -0.121. The number of hydrogen-bond acceptors (Lipinski definition) is 3. The van der Waals surface area contributed by atoms with E-state index in [9.17, 15) is 9.59 Å². The van der Waals surface area contributed by atoms with Gasteiger partial charge < -0.3 is 10.2 Å². The first-order valence-corrected chi connectivity index (χ1v) is 7.04. The monoisotopic (exact) mass is 250 g/mol. The van der Waals surface area contributed by atoms with Gasteiger partial charge in [-0.25, -0.2) is 0 Å². The van der Waals surface area contributed by atoms with Crippen LogP contribution in [0.5, 0.6) is 0 Å². The largest absolute Gasteiger partial charge is 0.348 e. The van der Waals surface area contributed by atoms with Crippen LogP contribution in [0.25, 0.3) is 0 Å². The molecule has 4 heteroatoms. The third-order valence-corrected chi connectivity index (χ3v) is 3.69. The fourth-order valence-corrected chi connectivity index (χ4v) is 2.69. The Hall–Kier alpha value is -1.32. The van der Waals surface area contributed by atoms with E-state index in [2.05, 4.69) is 12.2 Å². The highest BCUT2D eigenvalue weighted by molar-refractivity contribution is 5.98. The molecule has 0 aliphatic carbocycles. The molecule has 0 spiro atoms. The van der Waals surface area contributed by atoms with Gasteiger partial charge in [-0.15, -0.1) is 0 Å². The molecule has 1 amide bonds. The van der Waals surface area contributed by atoms with E-state index < -0.39 is 0 Å². The maximum Gasteiger partial charge on any atom is 0.225 e. The molecule has 0 saturated carbocycles. The molecule has 0 aromatic rings. The van der Waals surface area contributed by atoms with Gasteiger partial charge in [0.15, 0.2) is 5.78 Å². The zero-order chi connectivity index (χ0) is 13.0. The molecular weight excluding hydrogens is 228 g/mol. The molecule has 0 aromatic carbocycles. The molecule has 0 radical (unpaired) electrons. The van der Waals surface area contributed by atoms with E-state index in [1.54, 1.807) is 6.08 Å². The first-order chi connectivity index (χ1) is 8.72. The number of carbonyl (C=O) groups excluding carboxylic acids is 2. The Kier molecular flexibility index (Phi) is 4.39. The summed E-state index contributed by atoms with van der Waals surface area (Å²) in [7, 11) is 0. The van der Waals surface area contributed by atoms with E-state index in [4.69, 9.17) is 0 Å². The summed E-state index contributed by atoms with van der Waals surface area (Å²) in [6.07, 6.45) is 8.51. The van der Waals surface area contributed by atoms with Crippen LogP contribution >= 0.6 is 0 Å². The fraction of sp³-hybridized carbons (Fsp3) is 0.714. The second-order valence-electron chi connectivity index (χ2n) is 5.14. The standard InChI is InChI=1S/C14H22N2O2/c1-2-3-4-5-8-14(18)15-13-10-12(17)11-7-6-9-16(11)13/h10-11H,2-9H2,1H3,(H,15,18)/t11-/m0/s1. The van der Waals surface area contributed by atoms with E-state index in [1.165, 1.54) is 12.8 Å². The van der Waals surface area contributed by atoms with Gasteiger partial charge in [-0.2, -0.15) is 0 Å². The van der Waals surface area contributed by atoms with Crippen LogP contribution < -0.4 is 5.32 Å². The van der Waals surface area contributed by atoms with Gasteiger partial charge in [0.1, 0.15) is 5.82 Å². The summed E-state index contributed by atoms with van der Waals surface area (Å²) in [5.74, 6) is 0.912. The number of nitrogens with one attached hydrogen (secondary N) is 1. The molecule has 18 heavy (non-hydrogen) atoms. The molecular formula is C14H22N2O2. The smallest absolute Gasteiger partial charge is 0.225 e. The lowest BCUT2D eigenvalue weighted by Crippen LogP contribution is -2.35. The predicted molar refractivity (Wildman–Crippen MR) is 69.7 cm³/mol. The number of rotatable bonds is 6. The molecule has 4 nitrogen and oxygen atoms in total. The van der Waals surface area contributed by atoms with Crippen LogP contribution in [0, 0.1) is 0 Å². The van der Waals surface area contributed by atoms with Crippen molar-refractivity contribution in [2.24, 2.45) is 0 Å². The topological polar surface area (TPSA) is 49.4 Å². The number of unbranched alkanes of at least 4 members (excludes halogenated alkanes) is 3. The normalized spacial score (nSPS) is 22.1. The second-order valence-corrected chi connectivity index (χ2v) is 5.14. The van der Waals surface area contributed by atoms with Crippen LogP contribution in [-0.2, 0) is 9.59 Å². The van der Waals surface area contributed by atoms with Crippen molar-refractivity contribution in [2.45, 2.75) is 57.9 Å². The van der Waals surface area contributed by atoms with Gasteiger partial charge in [-0.1, -0.05) is 26.2 Å². The van der Waals surface area contributed by atoms with Crippen molar-refractivity contribution in [3.63, 3.8) is 0 Å². The van der Waals surface area contributed by atoms with Gasteiger partial charge in [-0.05, 0) is 19.3 Å². The number of fused-ring (bicyclic) bond motifs is 1. The zero-order valence-electron chi connectivity index (χ0n) is 11.1. The lowest BCUT2D eigenvalue weighted by atomic mass is 10.1. The molecule has 1 fully saturated rings. The summed E-state index contributed by atoms with van der Waals surface area (Å²) in [5, 5.41) is 2.88. The predicted octanol–water partition coefficient (Wildman–Crippen LogP) is 1.96. The molecule has 2 heterocycles. The van der Waals surface area contributed by atoms with Crippen LogP contribution in [0.15, 0.2) is 11.9 Å². The van der Waals surface area contributed by atoms with Gasteiger partial charge in [0, 0.05) is 19.0 Å². The summed E-state index contributed by atoms with van der Waals surface area (Å²) in [5.41, 5.74) is 0. The molecule has 2 aliphatic rings. The van der Waals surface area contributed by atoms with Crippen LogP contribution in [0.4, 0.5) is 0 Å². The first kappa shape index (κ1) is 13.1. The van der Waals surface area contributed by atoms with Crippen molar-refractivity contribution >= 4 is 11.7 Å². The number of hydrogen-bond donors (Lipinski definition) is 1. The molecule has 100 valence electrons. The molecule has 1 atom stereocenters. The third-order valence-electron chi connectivity index (χ3n) is 3.69. The molecule has 0 aromatic heterocycles. The SMILES string of the molecule is CCCCCCC(=O)NC1=CC(=O)[C@@H]2CCCN12. The fourth-order valence-electron chi connectivity index (χ4n) is 2.69. The number of ketones is 1. The summed E-state index contributed by atoms with van der Waals surface area (Å²) < 4.78 is 0. The Morgan fingerprint density at radius 2 is 2.28 bits per heavy atom. The van der Waals surface area contributed by atoms with Crippen LogP contribution in [0.2, 0.25) is 0 Å². The maximum atomic E-state index is 11.8. The third kappa shape index (κ3) is 2.92. The van der Waals surface area contributed by atoms with E-state index >= 15 is 0 Å². The van der Waals surface area contributed by atoms with Gasteiger partial charge >= 0.3 is 0 Å². The summed E-state index contributed by atoms with van der Waals surface area (Å²) in [4.78, 5) is 25.5. The van der Waals surface area contributed by atoms with E-state index in [-0.39, 0.29) is 17.7 Å². The van der Waals surface area contributed by atoms with Gasteiger partial charge in [0.25, 0.3) is 0 Å². The number of amides is 1. The average Bonchev–Trinajstić information content (AvgIpc) is 2.91. The van der Waals surface area contributed by atoms with Crippen molar-refractivity contribution in [1.82, 2.24) is 10.2 Å². The zero-order valence-corrected chi connectivity index (χ0v) is 11.1. The van der Waals surface area contributed by atoms with E-state index in [0.29, 0.717) is 6.42 Å². The van der Waals surface area contributed by atoms with Gasteiger partial charge in [-0.3, -0.25) is 9.59 Å². The van der Waals surface area contributed by atoms with Crippen LogP contribution in [-0.4, -0.2) is 29.2 Å². The highest BCUT2D eigenvalue weighted by Crippen LogP contribution is 2.27. The highest BCUT2D eigenvalue weighted by Gasteiger charge is 2.36. The lowest BCUT2D eigenvalue weighted by Gasteiger charge is -2.21. The minimum absolute atomic E-state index is 0.000362.